The number of carbonyl (C=O) groups is 1. The van der Waals surface area contributed by atoms with Crippen LogP contribution in [-0.4, -0.2) is 14.3 Å². The second-order valence-electron chi connectivity index (χ2n) is 4.88. The summed E-state index contributed by atoms with van der Waals surface area (Å²) in [6.45, 7) is 3.53. The van der Waals surface area contributed by atoms with E-state index in [4.69, 9.17) is 5.26 Å². The van der Waals surface area contributed by atoms with Crippen LogP contribution in [0.4, 0.5) is 0 Å². The summed E-state index contributed by atoms with van der Waals surface area (Å²) in [4.78, 5) is 11.7. The molecule has 19 heavy (non-hydrogen) atoms. The molecular formula is C13H14N2O3S. The molecule has 1 fully saturated rings. The highest BCUT2D eigenvalue weighted by Gasteiger charge is 2.40. The molecule has 1 saturated carbocycles. The van der Waals surface area contributed by atoms with Crippen LogP contribution in [0.1, 0.15) is 24.5 Å². The molecule has 0 aromatic heterocycles. The summed E-state index contributed by atoms with van der Waals surface area (Å²) in [7, 11) is -3.90. The van der Waals surface area contributed by atoms with Crippen LogP contribution in [-0.2, 0) is 14.8 Å². The number of rotatable bonds is 3. The Morgan fingerprint density at radius 3 is 2.63 bits per heavy atom. The van der Waals surface area contributed by atoms with Crippen LogP contribution >= 0.6 is 0 Å². The lowest BCUT2D eigenvalue weighted by atomic mass is 10.2. The molecule has 0 saturated heterocycles. The van der Waals surface area contributed by atoms with Gasteiger partial charge in [-0.3, -0.25) is 4.79 Å². The highest BCUT2D eigenvalue weighted by Crippen LogP contribution is 2.38. The van der Waals surface area contributed by atoms with Crippen molar-refractivity contribution in [1.29, 1.82) is 5.26 Å². The lowest BCUT2D eigenvalue weighted by Crippen LogP contribution is -2.32. The third-order valence-corrected chi connectivity index (χ3v) is 4.78. The van der Waals surface area contributed by atoms with Gasteiger partial charge in [0.2, 0.25) is 5.91 Å². The minimum Gasteiger partial charge on any atom is -0.274 e. The predicted octanol–water partition coefficient (Wildman–Crippen LogP) is 1.33. The Morgan fingerprint density at radius 1 is 1.47 bits per heavy atom. The number of hydrogen-bond donors (Lipinski definition) is 1. The lowest BCUT2D eigenvalue weighted by molar-refractivity contribution is -0.120. The highest BCUT2D eigenvalue weighted by atomic mass is 32.2. The van der Waals surface area contributed by atoms with Gasteiger partial charge in [-0.15, -0.1) is 0 Å². The summed E-state index contributed by atoms with van der Waals surface area (Å²) in [6, 6.07) is 6.26. The lowest BCUT2D eigenvalue weighted by Gasteiger charge is -2.09. The first-order valence-electron chi connectivity index (χ1n) is 5.92. The third kappa shape index (κ3) is 2.76. The van der Waals surface area contributed by atoms with E-state index in [0.717, 1.165) is 6.42 Å². The number of sulfonamides is 1. The van der Waals surface area contributed by atoms with Crippen molar-refractivity contribution in [3.63, 3.8) is 0 Å². The van der Waals surface area contributed by atoms with Crippen molar-refractivity contribution in [2.75, 3.05) is 0 Å². The Bertz CT molecular complexity index is 674. The molecule has 2 rings (SSSR count). The maximum absolute atomic E-state index is 12.1. The molecule has 1 aromatic carbocycles. The van der Waals surface area contributed by atoms with Crippen LogP contribution in [0.2, 0.25) is 0 Å². The van der Waals surface area contributed by atoms with Gasteiger partial charge in [-0.25, -0.2) is 13.1 Å². The van der Waals surface area contributed by atoms with Crippen LogP contribution in [0.3, 0.4) is 0 Å². The van der Waals surface area contributed by atoms with Gasteiger partial charge in [-0.1, -0.05) is 13.0 Å². The summed E-state index contributed by atoms with van der Waals surface area (Å²) in [5, 5.41) is 8.80. The van der Waals surface area contributed by atoms with E-state index < -0.39 is 15.9 Å². The molecule has 2 atom stereocenters. The summed E-state index contributed by atoms with van der Waals surface area (Å²) in [6.07, 6.45) is 0.721. The summed E-state index contributed by atoms with van der Waals surface area (Å²) in [5.74, 6) is -0.440. The maximum Gasteiger partial charge on any atom is 0.264 e. The van der Waals surface area contributed by atoms with Crippen molar-refractivity contribution in [3.05, 3.63) is 29.3 Å². The van der Waals surface area contributed by atoms with Gasteiger partial charge in [-0.2, -0.15) is 5.26 Å². The largest absolute Gasteiger partial charge is 0.274 e. The summed E-state index contributed by atoms with van der Waals surface area (Å²) < 4.78 is 26.3. The molecule has 0 bridgehead atoms. The minimum atomic E-state index is -3.90. The monoisotopic (exact) mass is 278 g/mol. The molecule has 6 heteroatoms. The zero-order chi connectivity index (χ0) is 14.2. The van der Waals surface area contributed by atoms with Crippen LogP contribution in [0, 0.1) is 30.1 Å². The van der Waals surface area contributed by atoms with E-state index in [1.807, 2.05) is 13.0 Å². The van der Waals surface area contributed by atoms with E-state index in [1.165, 1.54) is 6.07 Å². The highest BCUT2D eigenvalue weighted by molar-refractivity contribution is 7.90. The van der Waals surface area contributed by atoms with Crippen LogP contribution in [0.25, 0.3) is 0 Å². The molecule has 0 spiro atoms. The third-order valence-electron chi connectivity index (χ3n) is 3.29. The fourth-order valence-electron chi connectivity index (χ4n) is 1.91. The van der Waals surface area contributed by atoms with Crippen molar-refractivity contribution in [1.82, 2.24) is 4.72 Å². The van der Waals surface area contributed by atoms with Gasteiger partial charge in [0.05, 0.1) is 16.5 Å². The molecule has 1 N–H and O–H groups in total. The van der Waals surface area contributed by atoms with Crippen LogP contribution in [0.5, 0.6) is 0 Å². The van der Waals surface area contributed by atoms with E-state index in [1.54, 1.807) is 19.1 Å². The van der Waals surface area contributed by atoms with Gasteiger partial charge in [0, 0.05) is 5.92 Å². The van der Waals surface area contributed by atoms with Gasteiger partial charge >= 0.3 is 0 Å². The van der Waals surface area contributed by atoms with Crippen molar-refractivity contribution < 1.29 is 13.2 Å². The molecule has 0 unspecified atom stereocenters. The van der Waals surface area contributed by atoms with Crippen LogP contribution in [0.15, 0.2) is 23.1 Å². The second kappa shape index (κ2) is 4.67. The fraction of sp³-hybridized carbons (Fsp3) is 0.385. The molecule has 1 aliphatic carbocycles. The maximum atomic E-state index is 12.1. The van der Waals surface area contributed by atoms with E-state index in [2.05, 4.69) is 4.72 Å². The van der Waals surface area contributed by atoms with Crippen molar-refractivity contribution >= 4 is 15.9 Å². The standard InChI is InChI=1S/C13H14N2O3S/c1-8-3-4-10(7-14)6-12(8)19(17,18)15-13(16)11-5-9(11)2/h3-4,6,9,11H,5H2,1-2H3,(H,15,16)/t9-,11+/m0/s1. The summed E-state index contributed by atoms with van der Waals surface area (Å²) in [5.41, 5.74) is 0.751. The first-order valence-corrected chi connectivity index (χ1v) is 7.41. The molecule has 0 aliphatic heterocycles. The molecule has 0 heterocycles. The number of hydrogen-bond acceptors (Lipinski definition) is 4. The second-order valence-corrected chi connectivity index (χ2v) is 6.53. The Balaban J connectivity index is 2.29. The smallest absolute Gasteiger partial charge is 0.264 e. The first-order chi connectivity index (χ1) is 8.85. The van der Waals surface area contributed by atoms with Gasteiger partial charge < -0.3 is 0 Å². The van der Waals surface area contributed by atoms with E-state index in [9.17, 15) is 13.2 Å². The zero-order valence-corrected chi connectivity index (χ0v) is 11.5. The van der Waals surface area contributed by atoms with Gasteiger partial charge in [0.15, 0.2) is 0 Å². The number of nitriles is 1. The molecule has 1 aromatic rings. The van der Waals surface area contributed by atoms with E-state index >= 15 is 0 Å². The van der Waals surface area contributed by atoms with E-state index in [0.29, 0.717) is 5.56 Å². The predicted molar refractivity (Wildman–Crippen MR) is 68.5 cm³/mol. The zero-order valence-electron chi connectivity index (χ0n) is 10.7. The molecule has 1 amide bonds. The van der Waals surface area contributed by atoms with Crippen molar-refractivity contribution in [2.24, 2.45) is 11.8 Å². The summed E-state index contributed by atoms with van der Waals surface area (Å²) >= 11 is 0. The number of aryl methyl sites for hydroxylation is 1. The fourth-order valence-corrected chi connectivity index (χ4v) is 3.21. The average molecular weight is 278 g/mol. The number of nitrogens with zero attached hydrogens (tertiary/aromatic N) is 1. The van der Waals surface area contributed by atoms with Gasteiger partial charge in [0.1, 0.15) is 0 Å². The Morgan fingerprint density at radius 2 is 2.11 bits per heavy atom. The van der Waals surface area contributed by atoms with Crippen molar-refractivity contribution in [3.8, 4) is 6.07 Å². The molecule has 0 radical (unpaired) electrons. The molecular weight excluding hydrogens is 264 g/mol. The topological polar surface area (TPSA) is 87.0 Å². The Kier molecular flexibility index (Phi) is 3.33. The van der Waals surface area contributed by atoms with Crippen molar-refractivity contribution in [2.45, 2.75) is 25.2 Å². The molecule has 100 valence electrons. The average Bonchev–Trinajstić information content (AvgIpc) is 3.06. The normalized spacial score (nSPS) is 21.5. The number of amides is 1. The minimum absolute atomic E-state index is 0.0202. The van der Waals surface area contributed by atoms with Gasteiger partial charge in [-0.05, 0) is 37.0 Å². The Labute approximate surface area is 112 Å². The molecule has 1 aliphatic rings. The SMILES string of the molecule is Cc1ccc(C#N)cc1S(=O)(=O)NC(=O)[C@@H]1C[C@@H]1C. The molecule has 5 nitrogen and oxygen atoms in total. The number of nitrogens with one attached hydrogen (secondary N) is 1. The number of carbonyl (C=O) groups excluding carboxylic acids is 1. The van der Waals surface area contributed by atoms with E-state index in [-0.39, 0.29) is 22.3 Å². The quantitative estimate of drug-likeness (QED) is 0.903. The van der Waals surface area contributed by atoms with Crippen LogP contribution < -0.4 is 4.72 Å². The Hall–Kier alpha value is -1.87. The number of benzene rings is 1. The first kappa shape index (κ1) is 13.6. The van der Waals surface area contributed by atoms with Gasteiger partial charge in [0.25, 0.3) is 10.0 Å².